The third-order valence-electron chi connectivity index (χ3n) is 12.3. The van der Waals surface area contributed by atoms with E-state index in [1.807, 2.05) is 24.3 Å². The molecule has 0 fully saturated rings. The van der Waals surface area contributed by atoms with E-state index in [1.165, 1.54) is 22.3 Å². The van der Waals surface area contributed by atoms with E-state index in [1.54, 1.807) is 0 Å². The fourth-order valence-electron chi connectivity index (χ4n) is 9.44. The molecule has 0 amide bonds. The Bertz CT molecular complexity index is 3470. The van der Waals surface area contributed by atoms with E-state index in [4.69, 9.17) is 19.4 Å². The molecule has 11 aromatic rings. The highest BCUT2D eigenvalue weighted by atomic mass is 16.3. The number of hydrogen-bond donors (Lipinski definition) is 0. The summed E-state index contributed by atoms with van der Waals surface area (Å²) in [5, 5.41) is 4.39. The smallest absolute Gasteiger partial charge is 0.166 e. The van der Waals surface area contributed by atoms with E-state index in [-0.39, 0.29) is 5.41 Å². The quantitative estimate of drug-likeness (QED) is 0.175. The molecule has 3 aromatic heterocycles. The summed E-state index contributed by atoms with van der Waals surface area (Å²) in [4.78, 5) is 15.8. The molecule has 8 aromatic carbocycles. The maximum absolute atomic E-state index is 6.64. The van der Waals surface area contributed by atoms with Crippen molar-refractivity contribution in [3.8, 4) is 62.1 Å². The van der Waals surface area contributed by atoms with Crippen molar-refractivity contribution in [2.75, 3.05) is 0 Å². The Morgan fingerprint density at radius 2 is 1.07 bits per heavy atom. The van der Waals surface area contributed by atoms with E-state index in [0.717, 1.165) is 77.2 Å². The Hall–Kier alpha value is -7.63. The topological polar surface area (TPSA) is 56.7 Å². The van der Waals surface area contributed by atoms with Crippen LogP contribution in [0.15, 0.2) is 186 Å². The maximum atomic E-state index is 6.64. The Morgan fingerprint density at radius 3 is 1.92 bits per heavy atom. The van der Waals surface area contributed by atoms with Gasteiger partial charge in [-0.25, -0.2) is 15.0 Å². The Balaban J connectivity index is 1.11. The molecular weight excluding hydrogens is 721 g/mol. The lowest BCUT2D eigenvalue weighted by Crippen LogP contribution is -2.15. The minimum atomic E-state index is -0.159. The molecule has 278 valence electrons. The van der Waals surface area contributed by atoms with Gasteiger partial charge in [0.05, 0.1) is 22.1 Å². The second kappa shape index (κ2) is 12.7. The summed E-state index contributed by atoms with van der Waals surface area (Å²) in [6, 6.07) is 64.1. The van der Waals surface area contributed by atoms with E-state index in [0.29, 0.717) is 17.5 Å². The van der Waals surface area contributed by atoms with Crippen molar-refractivity contribution in [3.63, 3.8) is 0 Å². The van der Waals surface area contributed by atoms with Crippen LogP contribution in [0, 0.1) is 0 Å². The zero-order valence-electron chi connectivity index (χ0n) is 32.5. The van der Waals surface area contributed by atoms with Crippen LogP contribution in [-0.2, 0) is 5.41 Å². The van der Waals surface area contributed by atoms with Gasteiger partial charge in [-0.05, 0) is 75.8 Å². The zero-order chi connectivity index (χ0) is 39.2. The van der Waals surface area contributed by atoms with Crippen LogP contribution in [0.2, 0.25) is 0 Å². The van der Waals surface area contributed by atoms with Crippen LogP contribution in [0.3, 0.4) is 0 Å². The molecule has 0 atom stereocenters. The SMILES string of the molecule is CC1(C)c2ccccc2-c2ccc(-c3nc(-c4ccccc4)nc(-c4cccc5c6ccccc6n(-c6cccc7oc8cc(-c9ccccc9)ccc8c67)c45)n3)cc21. The molecule has 5 heteroatoms. The highest BCUT2D eigenvalue weighted by molar-refractivity contribution is 6.17. The molecule has 0 radical (unpaired) electrons. The zero-order valence-corrected chi connectivity index (χ0v) is 32.5. The van der Waals surface area contributed by atoms with Gasteiger partial charge in [0.2, 0.25) is 0 Å². The van der Waals surface area contributed by atoms with Gasteiger partial charge in [0.15, 0.2) is 17.5 Å². The summed E-state index contributed by atoms with van der Waals surface area (Å²) in [6.07, 6.45) is 0. The van der Waals surface area contributed by atoms with Crippen molar-refractivity contribution in [1.29, 1.82) is 0 Å². The van der Waals surface area contributed by atoms with Crippen molar-refractivity contribution in [2.24, 2.45) is 0 Å². The third kappa shape index (κ3) is 5.08. The predicted molar refractivity (Wildman–Crippen MR) is 241 cm³/mol. The Morgan fingerprint density at radius 1 is 0.424 bits per heavy atom. The first-order chi connectivity index (χ1) is 29.0. The molecule has 0 saturated carbocycles. The molecule has 12 rings (SSSR count). The van der Waals surface area contributed by atoms with Crippen molar-refractivity contribution in [1.82, 2.24) is 19.5 Å². The lowest BCUT2D eigenvalue weighted by Gasteiger charge is -2.21. The van der Waals surface area contributed by atoms with Crippen LogP contribution in [0.4, 0.5) is 0 Å². The van der Waals surface area contributed by atoms with Gasteiger partial charge in [-0.1, -0.05) is 153 Å². The fourth-order valence-corrected chi connectivity index (χ4v) is 9.44. The standard InChI is InChI=1S/C54H36N4O/c1-54(2)43-23-11-9-19-37(43)38-29-28-36(31-44(38)54)52-55-51(34-17-7-4-8-18-34)56-53(57-52)42-22-13-21-40-39-20-10-12-24-45(39)58(50(40)42)46-25-14-26-47-49(46)41-30-27-35(32-48(41)59-47)33-15-5-3-6-16-33/h3-32H,1-2H3. The number of nitrogens with zero attached hydrogens (tertiary/aromatic N) is 4. The molecule has 0 aliphatic heterocycles. The van der Waals surface area contributed by atoms with E-state index >= 15 is 0 Å². The Kier molecular flexibility index (Phi) is 7.20. The number of hydrogen-bond acceptors (Lipinski definition) is 4. The van der Waals surface area contributed by atoms with E-state index in [2.05, 4.69) is 176 Å². The number of furan rings is 1. The molecule has 59 heavy (non-hydrogen) atoms. The summed E-state index contributed by atoms with van der Waals surface area (Å²) in [6.45, 7) is 4.61. The van der Waals surface area contributed by atoms with E-state index in [9.17, 15) is 0 Å². The van der Waals surface area contributed by atoms with Crippen LogP contribution in [0.1, 0.15) is 25.0 Å². The molecule has 3 heterocycles. The average molecular weight is 757 g/mol. The second-order valence-corrected chi connectivity index (χ2v) is 16.0. The van der Waals surface area contributed by atoms with Crippen LogP contribution >= 0.6 is 0 Å². The summed E-state index contributed by atoms with van der Waals surface area (Å²) < 4.78 is 9.02. The predicted octanol–water partition coefficient (Wildman–Crippen LogP) is 13.8. The lowest BCUT2D eigenvalue weighted by molar-refractivity contribution is 0.660. The van der Waals surface area contributed by atoms with Crippen molar-refractivity contribution in [2.45, 2.75) is 19.3 Å². The first-order valence-electron chi connectivity index (χ1n) is 20.1. The van der Waals surface area contributed by atoms with Crippen LogP contribution in [0.5, 0.6) is 0 Å². The normalized spacial score (nSPS) is 13.1. The first kappa shape index (κ1) is 33.5. The molecule has 0 spiro atoms. The molecule has 5 nitrogen and oxygen atoms in total. The van der Waals surface area contributed by atoms with Gasteiger partial charge in [-0.2, -0.15) is 0 Å². The largest absolute Gasteiger partial charge is 0.456 e. The van der Waals surface area contributed by atoms with Gasteiger partial charge >= 0.3 is 0 Å². The molecule has 0 N–H and O–H groups in total. The number of fused-ring (bicyclic) bond motifs is 9. The summed E-state index contributed by atoms with van der Waals surface area (Å²) >= 11 is 0. The monoisotopic (exact) mass is 756 g/mol. The van der Waals surface area contributed by atoms with E-state index < -0.39 is 0 Å². The van der Waals surface area contributed by atoms with Gasteiger partial charge in [-0.3, -0.25) is 0 Å². The van der Waals surface area contributed by atoms with Crippen molar-refractivity contribution >= 4 is 43.7 Å². The van der Waals surface area contributed by atoms with Crippen LogP contribution in [-0.4, -0.2) is 19.5 Å². The van der Waals surface area contributed by atoms with Crippen molar-refractivity contribution in [3.05, 3.63) is 193 Å². The highest BCUT2D eigenvalue weighted by Gasteiger charge is 2.35. The van der Waals surface area contributed by atoms with Gasteiger partial charge in [0.1, 0.15) is 11.2 Å². The molecule has 0 unspecified atom stereocenters. The molecule has 1 aliphatic carbocycles. The number of aromatic nitrogens is 4. The third-order valence-corrected chi connectivity index (χ3v) is 12.3. The second-order valence-electron chi connectivity index (χ2n) is 16.0. The van der Waals surface area contributed by atoms with Gasteiger partial charge in [0.25, 0.3) is 0 Å². The van der Waals surface area contributed by atoms with Gasteiger partial charge in [-0.15, -0.1) is 0 Å². The molecule has 1 aliphatic rings. The summed E-state index contributed by atoms with van der Waals surface area (Å²) in [7, 11) is 0. The first-order valence-corrected chi connectivity index (χ1v) is 20.1. The Labute approximate surface area is 340 Å². The molecular formula is C54H36N4O. The fraction of sp³-hybridized carbons (Fsp3) is 0.0556. The van der Waals surface area contributed by atoms with Crippen molar-refractivity contribution < 1.29 is 4.42 Å². The van der Waals surface area contributed by atoms with Crippen LogP contribution < -0.4 is 0 Å². The molecule has 0 saturated heterocycles. The number of benzene rings is 8. The van der Waals surface area contributed by atoms with Gasteiger partial charge < -0.3 is 8.98 Å². The lowest BCUT2D eigenvalue weighted by atomic mass is 9.82. The summed E-state index contributed by atoms with van der Waals surface area (Å²) in [5.74, 6) is 1.88. The van der Waals surface area contributed by atoms with Crippen LogP contribution in [0.25, 0.3) is 106 Å². The number of para-hydroxylation sites is 2. The summed E-state index contributed by atoms with van der Waals surface area (Å²) in [5.41, 5.74) is 14.9. The average Bonchev–Trinajstić information content (AvgIpc) is 3.92. The minimum absolute atomic E-state index is 0.159. The highest BCUT2D eigenvalue weighted by Crippen LogP contribution is 2.49. The maximum Gasteiger partial charge on any atom is 0.166 e. The minimum Gasteiger partial charge on any atom is -0.456 e. The van der Waals surface area contributed by atoms with Gasteiger partial charge in [0, 0.05) is 38.3 Å². The molecule has 0 bridgehead atoms. The number of rotatable bonds is 5.